The van der Waals surface area contributed by atoms with Crippen molar-refractivity contribution in [2.45, 2.75) is 33.4 Å². The molecule has 0 spiro atoms. The summed E-state index contributed by atoms with van der Waals surface area (Å²) in [6.07, 6.45) is -0.522. The molecule has 1 aromatic rings. The van der Waals surface area contributed by atoms with E-state index in [1.54, 1.807) is 0 Å². The first-order valence-corrected chi connectivity index (χ1v) is 6.74. The fourth-order valence-electron chi connectivity index (χ4n) is 1.73. The molecule has 0 aliphatic carbocycles. The van der Waals surface area contributed by atoms with Crippen molar-refractivity contribution >= 4 is 0 Å². The summed E-state index contributed by atoms with van der Waals surface area (Å²) in [5.41, 5.74) is 1.70. The average molecular weight is 267 g/mol. The van der Waals surface area contributed by atoms with E-state index in [2.05, 4.69) is 19.2 Å². The first kappa shape index (κ1) is 16.0. The summed E-state index contributed by atoms with van der Waals surface area (Å²) in [5, 5.41) is 22.7. The van der Waals surface area contributed by atoms with Crippen LogP contribution in [-0.4, -0.2) is 36.1 Å². The molecule has 0 amide bonds. The summed E-state index contributed by atoms with van der Waals surface area (Å²) in [7, 11) is 0. The van der Waals surface area contributed by atoms with E-state index < -0.39 is 6.10 Å². The molecule has 1 aromatic carbocycles. The van der Waals surface area contributed by atoms with E-state index in [0.29, 0.717) is 38.0 Å². The molecule has 1 unspecified atom stereocenters. The molecule has 0 saturated carbocycles. The van der Waals surface area contributed by atoms with Gasteiger partial charge in [0.1, 0.15) is 5.75 Å². The molecule has 0 aliphatic rings. The van der Waals surface area contributed by atoms with Gasteiger partial charge in [-0.05, 0) is 18.4 Å². The van der Waals surface area contributed by atoms with Gasteiger partial charge in [-0.3, -0.25) is 0 Å². The SMILES string of the molecule is Cc1cccc(CNCC(O)COCC(C)C)c1O. The third-order valence-electron chi connectivity index (χ3n) is 2.78. The van der Waals surface area contributed by atoms with Gasteiger partial charge in [-0.15, -0.1) is 0 Å². The zero-order valence-electron chi connectivity index (χ0n) is 12.0. The lowest BCUT2D eigenvalue weighted by atomic mass is 10.1. The number of para-hydroxylation sites is 1. The largest absolute Gasteiger partial charge is 0.507 e. The molecule has 0 heterocycles. The van der Waals surface area contributed by atoms with Gasteiger partial charge in [-0.25, -0.2) is 0 Å². The molecule has 0 fully saturated rings. The molecule has 4 heteroatoms. The number of rotatable bonds is 8. The summed E-state index contributed by atoms with van der Waals surface area (Å²) >= 11 is 0. The molecular weight excluding hydrogens is 242 g/mol. The molecule has 19 heavy (non-hydrogen) atoms. The van der Waals surface area contributed by atoms with Gasteiger partial charge in [0.15, 0.2) is 0 Å². The molecule has 0 bridgehead atoms. The number of benzene rings is 1. The van der Waals surface area contributed by atoms with Crippen molar-refractivity contribution in [3.05, 3.63) is 29.3 Å². The predicted molar refractivity (Wildman–Crippen MR) is 76.2 cm³/mol. The van der Waals surface area contributed by atoms with E-state index in [0.717, 1.165) is 11.1 Å². The summed E-state index contributed by atoms with van der Waals surface area (Å²) in [5.74, 6) is 0.796. The minimum Gasteiger partial charge on any atom is -0.507 e. The van der Waals surface area contributed by atoms with Crippen LogP contribution >= 0.6 is 0 Å². The highest BCUT2D eigenvalue weighted by Gasteiger charge is 2.07. The maximum absolute atomic E-state index is 9.84. The maximum atomic E-state index is 9.84. The average Bonchev–Trinajstić information content (AvgIpc) is 2.34. The van der Waals surface area contributed by atoms with Crippen LogP contribution in [0.2, 0.25) is 0 Å². The van der Waals surface area contributed by atoms with E-state index in [4.69, 9.17) is 4.74 Å². The molecular formula is C15H25NO3. The van der Waals surface area contributed by atoms with Crippen LogP contribution < -0.4 is 5.32 Å². The monoisotopic (exact) mass is 267 g/mol. The van der Waals surface area contributed by atoms with E-state index >= 15 is 0 Å². The number of nitrogens with one attached hydrogen (secondary N) is 1. The molecule has 3 N–H and O–H groups in total. The van der Waals surface area contributed by atoms with Crippen LogP contribution in [-0.2, 0) is 11.3 Å². The van der Waals surface area contributed by atoms with Crippen LogP contribution in [0.4, 0.5) is 0 Å². The van der Waals surface area contributed by atoms with Gasteiger partial charge in [0, 0.05) is 25.3 Å². The molecule has 0 aromatic heterocycles. The van der Waals surface area contributed by atoms with Gasteiger partial charge >= 0.3 is 0 Å². The quantitative estimate of drug-likeness (QED) is 0.672. The van der Waals surface area contributed by atoms with Crippen molar-refractivity contribution in [2.75, 3.05) is 19.8 Å². The number of aryl methyl sites for hydroxylation is 1. The Labute approximate surface area is 115 Å². The second-order valence-corrected chi connectivity index (χ2v) is 5.30. The van der Waals surface area contributed by atoms with Gasteiger partial charge < -0.3 is 20.3 Å². The van der Waals surface area contributed by atoms with Crippen molar-refractivity contribution in [3.8, 4) is 5.75 Å². The number of hydrogen-bond acceptors (Lipinski definition) is 4. The number of phenolic OH excluding ortho intramolecular Hbond substituents is 1. The molecule has 0 aliphatic heterocycles. The first-order valence-electron chi connectivity index (χ1n) is 6.74. The van der Waals surface area contributed by atoms with Crippen LogP contribution in [0.3, 0.4) is 0 Å². The second-order valence-electron chi connectivity index (χ2n) is 5.30. The third kappa shape index (κ3) is 6.05. The maximum Gasteiger partial charge on any atom is 0.122 e. The Bertz CT molecular complexity index is 380. The molecule has 0 radical (unpaired) electrons. The topological polar surface area (TPSA) is 61.7 Å². The van der Waals surface area contributed by atoms with E-state index in [1.807, 2.05) is 25.1 Å². The lowest BCUT2D eigenvalue weighted by Crippen LogP contribution is -2.30. The van der Waals surface area contributed by atoms with Gasteiger partial charge in [-0.2, -0.15) is 0 Å². The number of aliphatic hydroxyl groups is 1. The molecule has 1 rings (SSSR count). The van der Waals surface area contributed by atoms with Gasteiger partial charge in [0.05, 0.1) is 12.7 Å². The smallest absolute Gasteiger partial charge is 0.122 e. The van der Waals surface area contributed by atoms with Gasteiger partial charge in [0.25, 0.3) is 0 Å². The normalized spacial score (nSPS) is 12.9. The van der Waals surface area contributed by atoms with Crippen molar-refractivity contribution in [3.63, 3.8) is 0 Å². The summed E-state index contributed by atoms with van der Waals surface area (Å²) in [6, 6.07) is 5.65. The fourth-order valence-corrected chi connectivity index (χ4v) is 1.73. The summed E-state index contributed by atoms with van der Waals surface area (Å²) in [6.45, 7) is 8.00. The lowest BCUT2D eigenvalue weighted by molar-refractivity contribution is 0.0260. The predicted octanol–water partition coefficient (Wildman–Crippen LogP) is 1.82. The number of aliphatic hydroxyl groups excluding tert-OH is 1. The standard InChI is InChI=1S/C15H25NO3/c1-11(2)9-19-10-14(17)8-16-7-13-6-4-5-12(3)15(13)18/h4-6,11,14,16-18H,7-10H2,1-3H3. The van der Waals surface area contributed by atoms with Gasteiger partial charge in [-0.1, -0.05) is 32.0 Å². The summed E-state index contributed by atoms with van der Waals surface area (Å²) < 4.78 is 5.36. The fraction of sp³-hybridized carbons (Fsp3) is 0.600. The minimum atomic E-state index is -0.522. The van der Waals surface area contributed by atoms with Crippen LogP contribution in [0.1, 0.15) is 25.0 Å². The van der Waals surface area contributed by atoms with E-state index in [-0.39, 0.29) is 0 Å². The summed E-state index contributed by atoms with van der Waals surface area (Å²) in [4.78, 5) is 0. The molecule has 108 valence electrons. The van der Waals surface area contributed by atoms with Crippen molar-refractivity contribution < 1.29 is 14.9 Å². The zero-order chi connectivity index (χ0) is 14.3. The molecule has 0 saturated heterocycles. The van der Waals surface area contributed by atoms with Crippen LogP contribution in [0.25, 0.3) is 0 Å². The highest BCUT2D eigenvalue weighted by atomic mass is 16.5. The zero-order valence-corrected chi connectivity index (χ0v) is 12.0. The van der Waals surface area contributed by atoms with Crippen LogP contribution in [0, 0.1) is 12.8 Å². The van der Waals surface area contributed by atoms with Gasteiger partial charge in [0.2, 0.25) is 0 Å². The molecule has 1 atom stereocenters. The van der Waals surface area contributed by atoms with Crippen LogP contribution in [0.5, 0.6) is 5.75 Å². The Morgan fingerprint density at radius 3 is 2.68 bits per heavy atom. The third-order valence-corrected chi connectivity index (χ3v) is 2.78. The van der Waals surface area contributed by atoms with Crippen LogP contribution in [0.15, 0.2) is 18.2 Å². The lowest BCUT2D eigenvalue weighted by Gasteiger charge is -2.14. The van der Waals surface area contributed by atoms with E-state index in [9.17, 15) is 10.2 Å². The first-order chi connectivity index (χ1) is 9.00. The number of hydrogen-bond donors (Lipinski definition) is 3. The Balaban J connectivity index is 2.24. The Morgan fingerprint density at radius 2 is 2.00 bits per heavy atom. The highest BCUT2D eigenvalue weighted by molar-refractivity contribution is 5.39. The molecule has 4 nitrogen and oxygen atoms in total. The number of phenols is 1. The number of aromatic hydroxyl groups is 1. The Kier molecular flexibility index (Phi) is 6.84. The highest BCUT2D eigenvalue weighted by Crippen LogP contribution is 2.20. The van der Waals surface area contributed by atoms with Crippen molar-refractivity contribution in [2.24, 2.45) is 5.92 Å². The van der Waals surface area contributed by atoms with Crippen molar-refractivity contribution in [1.82, 2.24) is 5.32 Å². The Morgan fingerprint density at radius 1 is 1.26 bits per heavy atom. The Hall–Kier alpha value is -1.10. The minimum absolute atomic E-state index is 0.320. The number of ether oxygens (including phenoxy) is 1. The second kappa shape index (κ2) is 8.15. The van der Waals surface area contributed by atoms with E-state index in [1.165, 1.54) is 0 Å². The van der Waals surface area contributed by atoms with Crippen molar-refractivity contribution in [1.29, 1.82) is 0 Å².